The summed E-state index contributed by atoms with van der Waals surface area (Å²) in [5.74, 6) is -6.88. The first-order valence-electron chi connectivity index (χ1n) is 5.32. The van der Waals surface area contributed by atoms with Crippen LogP contribution in [0, 0.1) is 23.3 Å². The first kappa shape index (κ1) is 13.0. The van der Waals surface area contributed by atoms with Crippen molar-refractivity contribution in [1.29, 1.82) is 0 Å². The summed E-state index contributed by atoms with van der Waals surface area (Å²) < 4.78 is 53.6. The Hall–Kier alpha value is -1.96. The van der Waals surface area contributed by atoms with Crippen LogP contribution in [-0.2, 0) is 0 Å². The highest BCUT2D eigenvalue weighted by atomic mass is 79.9. The van der Waals surface area contributed by atoms with Gasteiger partial charge in [0.05, 0.1) is 11.1 Å². The van der Waals surface area contributed by atoms with E-state index in [4.69, 9.17) is 0 Å². The minimum absolute atomic E-state index is 0.138. The molecule has 8 heteroatoms. The molecule has 3 rings (SSSR count). The van der Waals surface area contributed by atoms with Crippen LogP contribution in [0.5, 0.6) is 0 Å². The zero-order valence-electron chi connectivity index (χ0n) is 9.52. The first-order valence-corrected chi connectivity index (χ1v) is 6.11. The summed E-state index contributed by atoms with van der Waals surface area (Å²) in [4.78, 5) is 10.5. The minimum atomic E-state index is -1.88. The van der Waals surface area contributed by atoms with Crippen LogP contribution in [0.3, 0.4) is 0 Å². The number of pyridine rings is 1. The second kappa shape index (κ2) is 4.55. The summed E-state index contributed by atoms with van der Waals surface area (Å²) in [7, 11) is 0. The smallest absolute Gasteiger partial charge is 0.198 e. The van der Waals surface area contributed by atoms with Crippen LogP contribution >= 0.6 is 15.9 Å². The first-order chi connectivity index (χ1) is 9.47. The standard InChI is InChI=1S/C12H4BrF4N3/c13-4-1-7-12(18-3-4)20-11(19-7)5-2-6(14)9(16)10(17)8(5)15/h1-3H,(H,18,19,20). The van der Waals surface area contributed by atoms with Gasteiger partial charge in [0.15, 0.2) is 28.9 Å². The molecule has 0 radical (unpaired) electrons. The predicted molar refractivity (Wildman–Crippen MR) is 66.9 cm³/mol. The quantitative estimate of drug-likeness (QED) is 0.412. The van der Waals surface area contributed by atoms with Gasteiger partial charge in [-0.3, -0.25) is 0 Å². The van der Waals surface area contributed by atoms with E-state index in [1.807, 2.05) is 0 Å². The van der Waals surface area contributed by atoms with E-state index in [1.54, 1.807) is 6.07 Å². The van der Waals surface area contributed by atoms with Crippen molar-refractivity contribution < 1.29 is 17.6 Å². The lowest BCUT2D eigenvalue weighted by atomic mass is 10.2. The highest BCUT2D eigenvalue weighted by molar-refractivity contribution is 9.10. The van der Waals surface area contributed by atoms with Crippen molar-refractivity contribution >= 4 is 27.1 Å². The highest BCUT2D eigenvalue weighted by Crippen LogP contribution is 2.27. The van der Waals surface area contributed by atoms with E-state index in [0.29, 0.717) is 16.1 Å². The maximum absolute atomic E-state index is 13.7. The van der Waals surface area contributed by atoms with Crippen LogP contribution in [-0.4, -0.2) is 15.0 Å². The van der Waals surface area contributed by atoms with Gasteiger partial charge in [-0.2, -0.15) is 0 Å². The zero-order chi connectivity index (χ0) is 14.4. The molecule has 0 aliphatic heterocycles. The summed E-state index contributed by atoms with van der Waals surface area (Å²) in [5, 5.41) is 0. The lowest BCUT2D eigenvalue weighted by Crippen LogP contribution is -1.99. The van der Waals surface area contributed by atoms with Gasteiger partial charge >= 0.3 is 0 Å². The van der Waals surface area contributed by atoms with Crippen molar-refractivity contribution in [3.05, 3.63) is 46.1 Å². The molecule has 0 bridgehead atoms. The summed E-state index contributed by atoms with van der Waals surface area (Å²) in [6.07, 6.45) is 1.47. The number of fused-ring (bicyclic) bond motifs is 1. The van der Waals surface area contributed by atoms with Crippen LogP contribution in [0.1, 0.15) is 0 Å². The van der Waals surface area contributed by atoms with E-state index in [1.165, 1.54) is 6.20 Å². The molecule has 0 fully saturated rings. The van der Waals surface area contributed by atoms with E-state index < -0.39 is 28.8 Å². The number of benzene rings is 1. The fourth-order valence-electron chi connectivity index (χ4n) is 1.75. The number of H-pyrrole nitrogens is 1. The lowest BCUT2D eigenvalue weighted by molar-refractivity contribution is 0.410. The third kappa shape index (κ3) is 1.96. The van der Waals surface area contributed by atoms with Gasteiger partial charge in [0.25, 0.3) is 0 Å². The van der Waals surface area contributed by atoms with Crippen molar-refractivity contribution in [2.75, 3.05) is 0 Å². The van der Waals surface area contributed by atoms with E-state index in [0.717, 1.165) is 0 Å². The number of nitrogens with one attached hydrogen (secondary N) is 1. The van der Waals surface area contributed by atoms with Crippen LogP contribution in [0.4, 0.5) is 17.6 Å². The number of rotatable bonds is 1. The van der Waals surface area contributed by atoms with Crippen LogP contribution in [0.25, 0.3) is 22.6 Å². The van der Waals surface area contributed by atoms with Gasteiger partial charge in [0.2, 0.25) is 0 Å². The Balaban J connectivity index is 2.25. The molecule has 2 aromatic heterocycles. The van der Waals surface area contributed by atoms with Gasteiger partial charge < -0.3 is 4.98 Å². The van der Waals surface area contributed by atoms with Gasteiger partial charge in [-0.1, -0.05) is 0 Å². The number of imidazole rings is 1. The largest absolute Gasteiger partial charge is 0.336 e. The number of halogens is 5. The van der Waals surface area contributed by atoms with Gasteiger partial charge in [-0.05, 0) is 28.1 Å². The van der Waals surface area contributed by atoms with Crippen LogP contribution < -0.4 is 0 Å². The van der Waals surface area contributed by atoms with Crippen LogP contribution in [0.2, 0.25) is 0 Å². The van der Waals surface area contributed by atoms with Crippen molar-refractivity contribution in [1.82, 2.24) is 15.0 Å². The Morgan fingerprint density at radius 2 is 1.75 bits per heavy atom. The molecule has 0 aliphatic rings. The fourth-order valence-corrected chi connectivity index (χ4v) is 2.08. The summed E-state index contributed by atoms with van der Waals surface area (Å²) in [6.45, 7) is 0. The molecule has 20 heavy (non-hydrogen) atoms. The summed E-state index contributed by atoms with van der Waals surface area (Å²) in [5.41, 5.74) is 0.183. The SMILES string of the molecule is Fc1cc(-c2nc3ncc(Br)cc3[nH]2)c(F)c(F)c1F. The molecule has 0 aliphatic carbocycles. The van der Waals surface area contributed by atoms with E-state index >= 15 is 0 Å². The van der Waals surface area contributed by atoms with Gasteiger partial charge in [0.1, 0.15) is 5.82 Å². The third-order valence-corrected chi connectivity index (χ3v) is 3.10. The summed E-state index contributed by atoms with van der Waals surface area (Å²) >= 11 is 3.19. The molecule has 0 spiro atoms. The molecular weight excluding hydrogens is 342 g/mol. The number of hydrogen-bond acceptors (Lipinski definition) is 2. The molecular formula is C12H4BrF4N3. The number of hydrogen-bond donors (Lipinski definition) is 1. The second-order valence-electron chi connectivity index (χ2n) is 3.96. The molecule has 2 heterocycles. The fraction of sp³-hybridized carbons (Fsp3) is 0. The third-order valence-electron chi connectivity index (χ3n) is 2.66. The van der Waals surface area contributed by atoms with Gasteiger partial charge in [-0.25, -0.2) is 27.5 Å². The van der Waals surface area contributed by atoms with Crippen molar-refractivity contribution in [2.45, 2.75) is 0 Å². The Bertz CT molecular complexity index is 831. The second-order valence-corrected chi connectivity index (χ2v) is 4.87. The Labute approximate surface area is 117 Å². The van der Waals surface area contributed by atoms with Crippen LogP contribution in [0.15, 0.2) is 22.8 Å². The molecule has 102 valence electrons. The monoisotopic (exact) mass is 345 g/mol. The molecule has 1 N–H and O–H groups in total. The van der Waals surface area contributed by atoms with E-state index in [2.05, 4.69) is 30.9 Å². The molecule has 0 saturated carbocycles. The molecule has 1 aromatic carbocycles. The topological polar surface area (TPSA) is 41.6 Å². The maximum atomic E-state index is 13.7. The lowest BCUT2D eigenvalue weighted by Gasteiger charge is -2.02. The molecule has 3 aromatic rings. The van der Waals surface area contributed by atoms with Crippen molar-refractivity contribution in [3.63, 3.8) is 0 Å². The van der Waals surface area contributed by atoms with E-state index in [-0.39, 0.29) is 11.5 Å². The Morgan fingerprint density at radius 3 is 2.50 bits per heavy atom. The molecule has 0 saturated heterocycles. The van der Waals surface area contributed by atoms with E-state index in [9.17, 15) is 17.6 Å². The van der Waals surface area contributed by atoms with Gasteiger partial charge in [0, 0.05) is 10.7 Å². The highest BCUT2D eigenvalue weighted by Gasteiger charge is 2.21. The minimum Gasteiger partial charge on any atom is -0.336 e. The molecule has 0 atom stereocenters. The Kier molecular flexibility index (Phi) is 2.97. The Morgan fingerprint density at radius 1 is 1.00 bits per heavy atom. The average molecular weight is 346 g/mol. The molecule has 3 nitrogen and oxygen atoms in total. The summed E-state index contributed by atoms with van der Waals surface area (Å²) in [6, 6.07) is 2.16. The zero-order valence-corrected chi connectivity index (χ0v) is 11.1. The number of nitrogens with zero attached hydrogens (tertiary/aromatic N) is 2. The molecule has 0 unspecified atom stereocenters. The van der Waals surface area contributed by atoms with Gasteiger partial charge in [-0.15, -0.1) is 0 Å². The van der Waals surface area contributed by atoms with Crippen molar-refractivity contribution in [2.24, 2.45) is 0 Å². The molecule has 0 amide bonds. The number of aromatic nitrogens is 3. The maximum Gasteiger partial charge on any atom is 0.198 e. The average Bonchev–Trinajstić information content (AvgIpc) is 2.83. The number of aromatic amines is 1. The predicted octanol–water partition coefficient (Wildman–Crippen LogP) is 3.94. The van der Waals surface area contributed by atoms with Crippen molar-refractivity contribution in [3.8, 4) is 11.4 Å². The normalized spacial score (nSPS) is 11.2.